The maximum absolute atomic E-state index is 8.68. The molecule has 1 rings (SSSR count). The predicted octanol–water partition coefficient (Wildman–Crippen LogP) is 1.71. The van der Waals surface area contributed by atoms with E-state index < -0.39 is 0 Å². The molecule has 94 valence electrons. The highest BCUT2D eigenvalue weighted by molar-refractivity contribution is 6.46. The number of rotatable bonds is 4. The number of hydrogen-bond acceptors (Lipinski definition) is 4. The van der Waals surface area contributed by atoms with Crippen molar-refractivity contribution < 1.29 is 5.21 Å². The first-order valence-electron chi connectivity index (χ1n) is 5.29. The highest BCUT2D eigenvalue weighted by Crippen LogP contribution is 2.08. The number of amidine groups is 1. The molecule has 0 saturated carbocycles. The summed E-state index contributed by atoms with van der Waals surface area (Å²) in [6.07, 6.45) is 1.54. The van der Waals surface area contributed by atoms with Gasteiger partial charge in [-0.15, -0.1) is 0 Å². The molecule has 0 saturated heterocycles. The van der Waals surface area contributed by atoms with Crippen LogP contribution in [-0.2, 0) is 0 Å². The van der Waals surface area contributed by atoms with Gasteiger partial charge < -0.3 is 16.7 Å². The van der Waals surface area contributed by atoms with Gasteiger partial charge in [-0.25, -0.2) is 0 Å². The summed E-state index contributed by atoms with van der Waals surface area (Å²) in [5.74, 6) is -0.114. The summed E-state index contributed by atoms with van der Waals surface area (Å²) in [5, 5.41) is 11.6. The van der Waals surface area contributed by atoms with Gasteiger partial charge in [0.2, 0.25) is 0 Å². The SMILES string of the molecule is C=C(C)N=C(/C=C(\N)c1ccccc1)/C(N)=N/O. The van der Waals surface area contributed by atoms with Crippen molar-refractivity contribution in [3.05, 3.63) is 54.2 Å². The molecular formula is C13H16N4O. The lowest BCUT2D eigenvalue weighted by Gasteiger charge is -2.03. The largest absolute Gasteiger partial charge is 0.409 e. The van der Waals surface area contributed by atoms with Crippen LogP contribution >= 0.6 is 0 Å². The Morgan fingerprint density at radius 2 is 1.89 bits per heavy atom. The maximum Gasteiger partial charge on any atom is 0.188 e. The van der Waals surface area contributed by atoms with E-state index >= 15 is 0 Å². The van der Waals surface area contributed by atoms with Crippen LogP contribution in [0.15, 0.2) is 58.8 Å². The van der Waals surface area contributed by atoms with Crippen molar-refractivity contribution in [1.29, 1.82) is 0 Å². The van der Waals surface area contributed by atoms with Gasteiger partial charge in [-0.05, 0) is 18.6 Å². The fourth-order valence-corrected chi connectivity index (χ4v) is 1.28. The van der Waals surface area contributed by atoms with Crippen LogP contribution in [-0.4, -0.2) is 16.8 Å². The van der Waals surface area contributed by atoms with Crippen molar-refractivity contribution in [1.82, 2.24) is 0 Å². The topological polar surface area (TPSA) is 97.0 Å². The van der Waals surface area contributed by atoms with E-state index in [1.165, 1.54) is 0 Å². The van der Waals surface area contributed by atoms with Gasteiger partial charge in [0.05, 0.1) is 0 Å². The Morgan fingerprint density at radius 3 is 2.39 bits per heavy atom. The maximum atomic E-state index is 8.68. The third-order valence-electron chi connectivity index (χ3n) is 2.08. The zero-order valence-electron chi connectivity index (χ0n) is 10.2. The molecule has 0 spiro atoms. The summed E-state index contributed by atoms with van der Waals surface area (Å²) in [6, 6.07) is 9.35. The first-order valence-corrected chi connectivity index (χ1v) is 5.29. The number of oxime groups is 1. The Bertz CT molecular complexity index is 515. The number of aliphatic imine (C=N–C) groups is 1. The van der Waals surface area contributed by atoms with E-state index in [0.29, 0.717) is 11.4 Å². The standard InChI is InChI=1S/C13H16N4O/c1-9(2)16-12(13(15)17-18)8-11(14)10-6-4-3-5-7-10/h3-8,18H,1,14H2,2H3,(H2,15,17)/b11-8-,16-12?. The molecule has 0 bridgehead atoms. The Kier molecular flexibility index (Phi) is 4.68. The smallest absolute Gasteiger partial charge is 0.188 e. The molecule has 5 heteroatoms. The Balaban J connectivity index is 3.14. The lowest BCUT2D eigenvalue weighted by atomic mass is 10.1. The third kappa shape index (κ3) is 3.79. The van der Waals surface area contributed by atoms with E-state index in [2.05, 4.69) is 16.7 Å². The Hall–Kier alpha value is -2.56. The lowest BCUT2D eigenvalue weighted by molar-refractivity contribution is 0.319. The third-order valence-corrected chi connectivity index (χ3v) is 2.08. The number of nitrogens with two attached hydrogens (primary N) is 2. The molecule has 1 aromatic rings. The second kappa shape index (κ2) is 6.24. The van der Waals surface area contributed by atoms with Crippen LogP contribution in [0.4, 0.5) is 0 Å². The van der Waals surface area contributed by atoms with Gasteiger partial charge >= 0.3 is 0 Å². The van der Waals surface area contributed by atoms with Gasteiger partial charge in [-0.3, -0.25) is 4.99 Å². The van der Waals surface area contributed by atoms with Crippen LogP contribution in [0.2, 0.25) is 0 Å². The summed E-state index contributed by atoms with van der Waals surface area (Å²) < 4.78 is 0. The molecule has 0 unspecified atom stereocenters. The molecule has 0 atom stereocenters. The van der Waals surface area contributed by atoms with E-state index in [4.69, 9.17) is 16.7 Å². The van der Waals surface area contributed by atoms with E-state index in [1.807, 2.05) is 30.3 Å². The number of allylic oxidation sites excluding steroid dienone is 1. The normalized spacial score (nSPS) is 13.5. The summed E-state index contributed by atoms with van der Waals surface area (Å²) in [7, 11) is 0. The Morgan fingerprint density at radius 1 is 1.28 bits per heavy atom. The fourth-order valence-electron chi connectivity index (χ4n) is 1.28. The minimum atomic E-state index is -0.114. The van der Waals surface area contributed by atoms with E-state index in [1.54, 1.807) is 13.0 Å². The van der Waals surface area contributed by atoms with Crippen molar-refractivity contribution >= 4 is 17.2 Å². The summed E-state index contributed by atoms with van der Waals surface area (Å²) >= 11 is 0. The molecule has 0 aliphatic rings. The molecule has 18 heavy (non-hydrogen) atoms. The summed E-state index contributed by atoms with van der Waals surface area (Å²) in [4.78, 5) is 4.06. The zero-order valence-corrected chi connectivity index (χ0v) is 10.2. The molecule has 0 aliphatic heterocycles. The van der Waals surface area contributed by atoms with Gasteiger partial charge in [0.25, 0.3) is 0 Å². The van der Waals surface area contributed by atoms with Crippen LogP contribution < -0.4 is 11.5 Å². The molecular weight excluding hydrogens is 228 g/mol. The molecule has 1 aromatic carbocycles. The molecule has 0 fully saturated rings. The molecule has 0 heterocycles. The van der Waals surface area contributed by atoms with Crippen molar-refractivity contribution in [2.75, 3.05) is 0 Å². The number of hydrogen-bond donors (Lipinski definition) is 3. The minimum absolute atomic E-state index is 0.114. The summed E-state index contributed by atoms with van der Waals surface area (Å²) in [6.45, 7) is 5.35. The van der Waals surface area contributed by atoms with Crippen LogP contribution in [0.25, 0.3) is 5.70 Å². The monoisotopic (exact) mass is 244 g/mol. The van der Waals surface area contributed by atoms with Crippen LogP contribution in [0, 0.1) is 0 Å². The molecule has 5 N–H and O–H groups in total. The van der Waals surface area contributed by atoms with Gasteiger partial charge in [-0.2, -0.15) is 0 Å². The lowest BCUT2D eigenvalue weighted by Crippen LogP contribution is -2.23. The molecule has 0 aromatic heterocycles. The van der Waals surface area contributed by atoms with Gasteiger partial charge in [0.1, 0.15) is 5.71 Å². The molecule has 0 radical (unpaired) electrons. The highest BCUT2D eigenvalue weighted by Gasteiger charge is 2.05. The quantitative estimate of drug-likeness (QED) is 0.325. The Labute approximate surface area is 106 Å². The molecule has 5 nitrogen and oxygen atoms in total. The predicted molar refractivity (Wildman–Crippen MR) is 74.3 cm³/mol. The average Bonchev–Trinajstić information content (AvgIpc) is 2.37. The van der Waals surface area contributed by atoms with Gasteiger partial charge in [-0.1, -0.05) is 42.1 Å². The van der Waals surface area contributed by atoms with Crippen molar-refractivity contribution in [2.24, 2.45) is 21.6 Å². The minimum Gasteiger partial charge on any atom is -0.409 e. The van der Waals surface area contributed by atoms with E-state index in [0.717, 1.165) is 5.56 Å². The van der Waals surface area contributed by atoms with E-state index in [-0.39, 0.29) is 11.5 Å². The number of nitrogens with zero attached hydrogens (tertiary/aromatic N) is 2. The molecule has 0 amide bonds. The van der Waals surface area contributed by atoms with Crippen molar-refractivity contribution in [3.8, 4) is 0 Å². The average molecular weight is 244 g/mol. The van der Waals surface area contributed by atoms with Crippen molar-refractivity contribution in [2.45, 2.75) is 6.92 Å². The zero-order chi connectivity index (χ0) is 13.5. The first-order chi connectivity index (χ1) is 8.54. The first kappa shape index (κ1) is 13.5. The summed E-state index contributed by atoms with van der Waals surface area (Å²) in [5.41, 5.74) is 13.6. The van der Waals surface area contributed by atoms with Crippen LogP contribution in [0.3, 0.4) is 0 Å². The van der Waals surface area contributed by atoms with Crippen LogP contribution in [0.1, 0.15) is 12.5 Å². The van der Waals surface area contributed by atoms with Gasteiger partial charge in [0, 0.05) is 11.4 Å². The molecule has 0 aliphatic carbocycles. The van der Waals surface area contributed by atoms with Gasteiger partial charge in [0.15, 0.2) is 5.84 Å². The highest BCUT2D eigenvalue weighted by atomic mass is 16.4. The fraction of sp³-hybridized carbons (Fsp3) is 0.0769. The number of benzene rings is 1. The second-order valence-corrected chi connectivity index (χ2v) is 3.68. The second-order valence-electron chi connectivity index (χ2n) is 3.68. The van der Waals surface area contributed by atoms with Crippen molar-refractivity contribution in [3.63, 3.8) is 0 Å². The van der Waals surface area contributed by atoms with Crippen LogP contribution in [0.5, 0.6) is 0 Å². The van der Waals surface area contributed by atoms with E-state index in [9.17, 15) is 0 Å².